The second kappa shape index (κ2) is 8.43. The van der Waals surface area contributed by atoms with Crippen LogP contribution in [0, 0.1) is 12.8 Å². The van der Waals surface area contributed by atoms with Gasteiger partial charge in [-0.3, -0.25) is 4.79 Å². The molecular weight excluding hydrogens is 373 g/mol. The van der Waals surface area contributed by atoms with Crippen LogP contribution < -0.4 is 5.32 Å². The number of rotatable bonds is 7. The van der Waals surface area contributed by atoms with Crippen LogP contribution in [-0.2, 0) is 21.4 Å². The number of nitrogens with zero attached hydrogens (tertiary/aromatic N) is 1. The number of sulfonamides is 1. The largest absolute Gasteiger partial charge is 0.465 e. The maximum atomic E-state index is 12.4. The molecule has 1 amide bonds. The molecule has 1 N–H and O–H groups in total. The SMILES string of the molecule is Cc1ccc(CNC(=O)CCC2CCCN(S(=O)(=O)CC(F)(F)F)C2)o1. The van der Waals surface area contributed by atoms with Crippen LogP contribution in [-0.4, -0.2) is 43.6 Å². The summed E-state index contributed by atoms with van der Waals surface area (Å²) >= 11 is 0. The van der Waals surface area contributed by atoms with E-state index in [1.54, 1.807) is 19.1 Å². The molecule has 26 heavy (non-hydrogen) atoms. The topological polar surface area (TPSA) is 79.6 Å². The summed E-state index contributed by atoms with van der Waals surface area (Å²) in [7, 11) is -4.36. The summed E-state index contributed by atoms with van der Waals surface area (Å²) < 4.78 is 67.2. The molecule has 6 nitrogen and oxygen atoms in total. The first-order valence-corrected chi connectivity index (χ1v) is 10.0. The summed E-state index contributed by atoms with van der Waals surface area (Å²) in [5.41, 5.74) is 0. The molecule has 2 rings (SSSR count). The Bertz CT molecular complexity index is 715. The minimum absolute atomic E-state index is 0.0308. The van der Waals surface area contributed by atoms with E-state index in [4.69, 9.17) is 4.42 Å². The molecular formula is C16H23F3N2O4S. The molecule has 0 saturated carbocycles. The molecule has 148 valence electrons. The molecule has 0 aliphatic carbocycles. The Morgan fingerprint density at radius 1 is 1.38 bits per heavy atom. The smallest absolute Gasteiger partial charge is 0.404 e. The zero-order valence-corrected chi connectivity index (χ0v) is 15.3. The second-order valence-corrected chi connectivity index (χ2v) is 8.53. The van der Waals surface area contributed by atoms with Gasteiger partial charge in [0.1, 0.15) is 11.5 Å². The number of hydrogen-bond donors (Lipinski definition) is 1. The molecule has 0 radical (unpaired) electrons. The number of piperidine rings is 1. The summed E-state index contributed by atoms with van der Waals surface area (Å²) in [5.74, 6) is -0.775. The second-order valence-electron chi connectivity index (χ2n) is 6.57. The number of nitrogens with one attached hydrogen (secondary N) is 1. The van der Waals surface area contributed by atoms with Gasteiger partial charge in [0.05, 0.1) is 6.54 Å². The first kappa shape index (κ1) is 20.8. The van der Waals surface area contributed by atoms with Crippen molar-refractivity contribution in [1.82, 2.24) is 9.62 Å². The van der Waals surface area contributed by atoms with Crippen LogP contribution in [0.25, 0.3) is 0 Å². The van der Waals surface area contributed by atoms with Gasteiger partial charge in [-0.1, -0.05) is 0 Å². The maximum Gasteiger partial charge on any atom is 0.404 e. The van der Waals surface area contributed by atoms with Gasteiger partial charge >= 0.3 is 6.18 Å². The van der Waals surface area contributed by atoms with Crippen molar-refractivity contribution < 1.29 is 30.8 Å². The predicted octanol–water partition coefficient (Wildman–Crippen LogP) is 2.59. The van der Waals surface area contributed by atoms with Crippen molar-refractivity contribution in [2.45, 2.75) is 45.3 Å². The molecule has 1 aromatic rings. The molecule has 10 heteroatoms. The summed E-state index contributed by atoms with van der Waals surface area (Å²) in [6.45, 7) is 2.19. The summed E-state index contributed by atoms with van der Waals surface area (Å²) in [5, 5.41) is 2.71. The Hall–Kier alpha value is -1.55. The van der Waals surface area contributed by atoms with Gasteiger partial charge in [-0.25, -0.2) is 12.7 Å². The van der Waals surface area contributed by atoms with E-state index in [1.807, 2.05) is 0 Å². The molecule has 1 unspecified atom stereocenters. The third kappa shape index (κ3) is 6.64. The van der Waals surface area contributed by atoms with Gasteiger partial charge < -0.3 is 9.73 Å². The van der Waals surface area contributed by atoms with Crippen molar-refractivity contribution in [1.29, 1.82) is 0 Å². The van der Waals surface area contributed by atoms with E-state index in [-0.39, 0.29) is 37.9 Å². The van der Waals surface area contributed by atoms with Crippen molar-refractivity contribution in [3.8, 4) is 0 Å². The van der Waals surface area contributed by atoms with Crippen LogP contribution in [0.4, 0.5) is 13.2 Å². The fourth-order valence-corrected chi connectivity index (χ4v) is 4.44. The number of halogens is 3. The van der Waals surface area contributed by atoms with Crippen LogP contribution in [0.1, 0.15) is 37.2 Å². The molecule has 1 atom stereocenters. The van der Waals surface area contributed by atoms with Gasteiger partial charge in [-0.15, -0.1) is 0 Å². The number of furan rings is 1. The monoisotopic (exact) mass is 396 g/mol. The van der Waals surface area contributed by atoms with Gasteiger partial charge in [-0.05, 0) is 44.2 Å². The summed E-state index contributed by atoms with van der Waals surface area (Å²) in [4.78, 5) is 11.9. The lowest BCUT2D eigenvalue weighted by molar-refractivity contribution is -0.121. The molecule has 0 spiro atoms. The Morgan fingerprint density at radius 3 is 2.73 bits per heavy atom. The lowest BCUT2D eigenvalue weighted by atomic mass is 9.94. The maximum absolute atomic E-state index is 12.4. The van der Waals surface area contributed by atoms with Gasteiger partial charge in [0.15, 0.2) is 5.75 Å². The van der Waals surface area contributed by atoms with E-state index in [1.165, 1.54) is 0 Å². The number of amides is 1. The van der Waals surface area contributed by atoms with Crippen LogP contribution in [0.5, 0.6) is 0 Å². The molecule has 0 bridgehead atoms. The highest BCUT2D eigenvalue weighted by Crippen LogP contribution is 2.26. The Labute approximate surface area is 150 Å². The lowest BCUT2D eigenvalue weighted by Gasteiger charge is -2.32. The number of alkyl halides is 3. The predicted molar refractivity (Wildman–Crippen MR) is 88.7 cm³/mol. The van der Waals surface area contributed by atoms with Crippen molar-refractivity contribution in [2.24, 2.45) is 5.92 Å². The molecule has 2 heterocycles. The van der Waals surface area contributed by atoms with Crippen molar-refractivity contribution >= 4 is 15.9 Å². The molecule has 0 aromatic carbocycles. The third-order valence-corrected chi connectivity index (χ3v) is 6.07. The van der Waals surface area contributed by atoms with Gasteiger partial charge in [0, 0.05) is 19.5 Å². The van der Waals surface area contributed by atoms with Crippen molar-refractivity contribution in [2.75, 3.05) is 18.8 Å². The van der Waals surface area contributed by atoms with Gasteiger partial charge in [0.25, 0.3) is 0 Å². The fraction of sp³-hybridized carbons (Fsp3) is 0.688. The van der Waals surface area contributed by atoms with Crippen LogP contribution in [0.3, 0.4) is 0 Å². The lowest BCUT2D eigenvalue weighted by Crippen LogP contribution is -2.43. The summed E-state index contributed by atoms with van der Waals surface area (Å²) in [6, 6.07) is 3.56. The third-order valence-electron chi connectivity index (χ3n) is 4.26. The first-order valence-electron chi connectivity index (χ1n) is 8.42. The zero-order chi connectivity index (χ0) is 19.4. The van der Waals surface area contributed by atoms with E-state index < -0.39 is 22.0 Å². The van der Waals surface area contributed by atoms with Crippen LogP contribution in [0.15, 0.2) is 16.5 Å². The van der Waals surface area contributed by atoms with Crippen molar-refractivity contribution in [3.05, 3.63) is 23.7 Å². The van der Waals surface area contributed by atoms with E-state index in [9.17, 15) is 26.4 Å². The van der Waals surface area contributed by atoms with E-state index in [2.05, 4.69) is 5.32 Å². The number of carbonyl (C=O) groups excluding carboxylic acids is 1. The van der Waals surface area contributed by atoms with E-state index in [0.717, 1.165) is 10.1 Å². The Balaban J connectivity index is 1.78. The normalized spacial score (nSPS) is 19.5. The molecule has 1 aliphatic rings. The highest BCUT2D eigenvalue weighted by molar-refractivity contribution is 7.89. The standard InChI is InChI=1S/C16H23F3N2O4S/c1-12-4-6-14(25-12)9-20-15(22)7-5-13-3-2-8-21(10-13)26(23,24)11-16(17,18)19/h4,6,13H,2-3,5,7-11H2,1H3,(H,20,22). The highest BCUT2D eigenvalue weighted by Gasteiger charge is 2.39. The van der Waals surface area contributed by atoms with Crippen molar-refractivity contribution in [3.63, 3.8) is 0 Å². The van der Waals surface area contributed by atoms with Gasteiger partial charge in [-0.2, -0.15) is 13.2 Å². The average Bonchev–Trinajstić information content (AvgIpc) is 2.94. The Kier molecular flexibility index (Phi) is 6.73. The minimum atomic E-state index is -4.75. The minimum Gasteiger partial charge on any atom is -0.465 e. The number of carbonyl (C=O) groups is 1. The van der Waals surface area contributed by atoms with Crippen LogP contribution in [0.2, 0.25) is 0 Å². The molecule has 1 fully saturated rings. The highest BCUT2D eigenvalue weighted by atomic mass is 32.2. The molecule has 1 saturated heterocycles. The fourth-order valence-electron chi connectivity index (χ4n) is 3.00. The quantitative estimate of drug-likeness (QED) is 0.768. The molecule has 1 aliphatic heterocycles. The van der Waals surface area contributed by atoms with Crippen LogP contribution >= 0.6 is 0 Å². The number of aryl methyl sites for hydroxylation is 1. The summed E-state index contributed by atoms with van der Waals surface area (Å²) in [6.07, 6.45) is -2.94. The zero-order valence-electron chi connectivity index (χ0n) is 14.5. The first-order chi connectivity index (χ1) is 12.0. The van der Waals surface area contributed by atoms with Gasteiger partial charge in [0.2, 0.25) is 15.9 Å². The Morgan fingerprint density at radius 2 is 2.12 bits per heavy atom. The number of hydrogen-bond acceptors (Lipinski definition) is 4. The molecule has 1 aromatic heterocycles. The average molecular weight is 396 g/mol. The van der Waals surface area contributed by atoms with E-state index >= 15 is 0 Å². The van der Waals surface area contributed by atoms with E-state index in [0.29, 0.717) is 25.0 Å².